The maximum atomic E-state index is 13.8. The molecule has 0 radical (unpaired) electrons. The van der Waals surface area contributed by atoms with Gasteiger partial charge in [0.05, 0.1) is 33.0 Å². The predicted molar refractivity (Wildman–Crippen MR) is 133 cm³/mol. The van der Waals surface area contributed by atoms with E-state index in [0.29, 0.717) is 36.2 Å². The Balaban J connectivity index is 1.42. The third-order valence-electron chi connectivity index (χ3n) is 6.31. The topological polar surface area (TPSA) is 53.7 Å². The third-order valence-corrected chi connectivity index (χ3v) is 7.36. The van der Waals surface area contributed by atoms with Crippen molar-refractivity contribution in [1.29, 1.82) is 0 Å². The van der Waals surface area contributed by atoms with Crippen molar-refractivity contribution >= 4 is 57.9 Å². The van der Waals surface area contributed by atoms with Crippen LogP contribution in [-0.4, -0.2) is 52.5 Å². The second-order valence-corrected chi connectivity index (χ2v) is 9.47. The number of hydrogen-bond acceptors (Lipinski definition) is 4. The van der Waals surface area contributed by atoms with Crippen LogP contribution in [0.1, 0.15) is 18.5 Å². The molecule has 2 unspecified atom stereocenters. The number of anilines is 1. The monoisotopic (exact) mass is 501 g/mol. The van der Waals surface area contributed by atoms with Gasteiger partial charge in [0.1, 0.15) is 5.92 Å². The summed E-state index contributed by atoms with van der Waals surface area (Å²) < 4.78 is 1.80. The molecule has 1 amide bonds. The molecule has 2 atom stereocenters. The van der Waals surface area contributed by atoms with E-state index in [0.717, 1.165) is 27.8 Å². The summed E-state index contributed by atoms with van der Waals surface area (Å²) in [5.41, 5.74) is 2.63. The van der Waals surface area contributed by atoms with E-state index < -0.39 is 5.92 Å². The largest absolute Gasteiger partial charge is 0.367 e. The first kappa shape index (κ1) is 22.3. The van der Waals surface area contributed by atoms with E-state index in [4.69, 9.17) is 34.8 Å². The van der Waals surface area contributed by atoms with Crippen LogP contribution in [-0.2, 0) is 4.79 Å². The minimum Gasteiger partial charge on any atom is -0.367 e. The van der Waals surface area contributed by atoms with Crippen molar-refractivity contribution in [3.63, 3.8) is 0 Å². The molecule has 9 heteroatoms. The molecule has 6 nitrogen and oxygen atoms in total. The molecule has 0 spiro atoms. The maximum absolute atomic E-state index is 13.8. The predicted octanol–water partition coefficient (Wildman–Crippen LogP) is 5.50. The maximum Gasteiger partial charge on any atom is 0.234 e. The van der Waals surface area contributed by atoms with Crippen LogP contribution in [0.15, 0.2) is 59.7 Å². The molecule has 1 saturated heterocycles. The van der Waals surface area contributed by atoms with Gasteiger partial charge in [-0.3, -0.25) is 4.79 Å². The highest BCUT2D eigenvalue weighted by molar-refractivity contribution is 6.42. The van der Waals surface area contributed by atoms with Crippen LogP contribution in [0, 0.1) is 5.92 Å². The highest BCUT2D eigenvalue weighted by Crippen LogP contribution is 2.39. The highest BCUT2D eigenvalue weighted by atomic mass is 35.5. The van der Waals surface area contributed by atoms with Crippen LogP contribution in [0.5, 0.6) is 0 Å². The highest BCUT2D eigenvalue weighted by Gasteiger charge is 2.41. The molecule has 5 rings (SSSR count). The summed E-state index contributed by atoms with van der Waals surface area (Å²) in [6, 6.07) is 14.8. The molecular formula is C24H22Cl3N5O. The number of piperazine rings is 1. The van der Waals surface area contributed by atoms with Gasteiger partial charge in [0.2, 0.25) is 5.91 Å². The summed E-state index contributed by atoms with van der Waals surface area (Å²) in [6.07, 6.45) is 1.70. The van der Waals surface area contributed by atoms with Crippen molar-refractivity contribution in [2.75, 3.05) is 31.1 Å². The Morgan fingerprint density at radius 2 is 1.70 bits per heavy atom. The number of aromatic nitrogens is 2. The average molecular weight is 503 g/mol. The van der Waals surface area contributed by atoms with Crippen molar-refractivity contribution in [3.8, 4) is 0 Å². The molecule has 170 valence electrons. The van der Waals surface area contributed by atoms with Crippen LogP contribution in [0.4, 0.5) is 11.5 Å². The molecule has 3 aromatic rings. The quantitative estimate of drug-likeness (QED) is 0.475. The number of aliphatic imine (C=N–C) groups is 1. The van der Waals surface area contributed by atoms with Gasteiger partial charge in [0.15, 0.2) is 5.82 Å². The zero-order chi connectivity index (χ0) is 23.1. The lowest BCUT2D eigenvalue weighted by Gasteiger charge is -2.40. The number of rotatable bonds is 3. The van der Waals surface area contributed by atoms with Crippen molar-refractivity contribution in [3.05, 3.63) is 75.4 Å². The summed E-state index contributed by atoms with van der Waals surface area (Å²) in [5.74, 6) is 0.268. The first-order valence-electron chi connectivity index (χ1n) is 10.8. The Kier molecular flexibility index (Phi) is 6.08. The van der Waals surface area contributed by atoms with Gasteiger partial charge in [-0.25, -0.2) is 9.67 Å². The molecule has 0 N–H and O–H groups in total. The number of para-hydroxylation sites is 1. The lowest BCUT2D eigenvalue weighted by molar-refractivity contribution is -0.134. The Morgan fingerprint density at radius 1 is 0.939 bits per heavy atom. The van der Waals surface area contributed by atoms with Crippen LogP contribution >= 0.6 is 34.8 Å². The Labute approximate surface area is 207 Å². The van der Waals surface area contributed by atoms with Crippen molar-refractivity contribution in [2.45, 2.75) is 13.0 Å². The number of amides is 1. The van der Waals surface area contributed by atoms with Crippen LogP contribution in [0.2, 0.25) is 15.1 Å². The number of carbonyl (C=O) groups is 1. The van der Waals surface area contributed by atoms with E-state index in [9.17, 15) is 4.79 Å². The molecular weight excluding hydrogens is 481 g/mol. The van der Waals surface area contributed by atoms with Gasteiger partial charge in [-0.15, -0.1) is 0 Å². The Bertz CT molecular complexity index is 1230. The second-order valence-electron chi connectivity index (χ2n) is 8.25. The smallest absolute Gasteiger partial charge is 0.234 e. The molecule has 1 fully saturated rings. The van der Waals surface area contributed by atoms with Gasteiger partial charge < -0.3 is 9.80 Å². The average Bonchev–Trinajstić information content (AvgIpc) is 3.28. The van der Waals surface area contributed by atoms with Crippen LogP contribution < -0.4 is 4.90 Å². The second kappa shape index (κ2) is 9.01. The number of benzene rings is 2. The fraction of sp³-hybridized carbons (Fsp3) is 0.292. The summed E-state index contributed by atoms with van der Waals surface area (Å²) >= 11 is 18.9. The molecule has 0 saturated carbocycles. The number of fused-ring (bicyclic) bond motifs is 1. The molecule has 2 aliphatic rings. The van der Waals surface area contributed by atoms with Crippen LogP contribution in [0.25, 0.3) is 0 Å². The fourth-order valence-corrected chi connectivity index (χ4v) is 5.21. The number of hydrogen-bond donors (Lipinski definition) is 0. The lowest BCUT2D eigenvalue weighted by Crippen LogP contribution is -2.53. The van der Waals surface area contributed by atoms with Gasteiger partial charge in [-0.1, -0.05) is 53.0 Å². The number of nitrogens with zero attached hydrogens (tertiary/aromatic N) is 5. The summed E-state index contributed by atoms with van der Waals surface area (Å²) in [4.78, 5) is 22.6. The van der Waals surface area contributed by atoms with E-state index in [2.05, 4.69) is 15.0 Å². The zero-order valence-electron chi connectivity index (χ0n) is 18.0. The summed E-state index contributed by atoms with van der Waals surface area (Å²) in [7, 11) is 0. The minimum atomic E-state index is -0.485. The van der Waals surface area contributed by atoms with E-state index in [1.165, 1.54) is 0 Å². The van der Waals surface area contributed by atoms with Crippen LogP contribution in [0.3, 0.4) is 0 Å². The lowest BCUT2D eigenvalue weighted by atomic mass is 9.87. The third kappa shape index (κ3) is 4.12. The Morgan fingerprint density at radius 3 is 2.42 bits per heavy atom. The standard InChI is InChI=1S/C24H22Cl3N5O/c1-15-22(24(33)31-12-10-30(11-13-31)20-5-3-2-4-18(20)26)23(32-21(29-15)8-9-28-32)16-6-7-17(25)19(27)14-16/h2-9,14,22-23H,10-13H2,1H3. The minimum absolute atomic E-state index is 0.0345. The van der Waals surface area contributed by atoms with E-state index in [1.54, 1.807) is 16.9 Å². The fourth-order valence-electron chi connectivity index (χ4n) is 4.65. The molecule has 2 aromatic carbocycles. The molecule has 33 heavy (non-hydrogen) atoms. The number of halogens is 3. The SMILES string of the molecule is CC1=Nc2ccnn2C(c2ccc(Cl)c(Cl)c2)C1C(=O)N1CCN(c2ccccc2Cl)CC1. The van der Waals surface area contributed by atoms with Crippen molar-refractivity contribution < 1.29 is 4.79 Å². The first-order valence-corrected chi connectivity index (χ1v) is 11.9. The molecule has 3 heterocycles. The normalized spacial score (nSPS) is 20.4. The van der Waals surface area contributed by atoms with Crippen molar-refractivity contribution in [2.24, 2.45) is 10.9 Å². The van der Waals surface area contributed by atoms with Crippen molar-refractivity contribution in [1.82, 2.24) is 14.7 Å². The zero-order valence-corrected chi connectivity index (χ0v) is 20.2. The van der Waals surface area contributed by atoms with Gasteiger partial charge in [-0.2, -0.15) is 5.10 Å². The summed E-state index contributed by atoms with van der Waals surface area (Å²) in [5, 5.41) is 6.12. The summed E-state index contributed by atoms with van der Waals surface area (Å²) in [6.45, 7) is 4.54. The van der Waals surface area contributed by atoms with E-state index in [-0.39, 0.29) is 11.9 Å². The van der Waals surface area contributed by atoms with Gasteiger partial charge >= 0.3 is 0 Å². The molecule has 0 bridgehead atoms. The molecule has 0 aliphatic carbocycles. The number of carbonyl (C=O) groups excluding carboxylic acids is 1. The van der Waals surface area contributed by atoms with Gasteiger partial charge in [0, 0.05) is 38.0 Å². The van der Waals surface area contributed by atoms with E-state index >= 15 is 0 Å². The van der Waals surface area contributed by atoms with Gasteiger partial charge in [-0.05, 0) is 36.8 Å². The Hall–Kier alpha value is -2.54. The molecule has 1 aromatic heterocycles. The van der Waals surface area contributed by atoms with Gasteiger partial charge in [0.25, 0.3) is 0 Å². The first-order chi connectivity index (χ1) is 15.9. The molecule has 2 aliphatic heterocycles. The van der Waals surface area contributed by atoms with E-state index in [1.807, 2.05) is 54.3 Å².